The Morgan fingerprint density at radius 3 is 2.44 bits per heavy atom. The summed E-state index contributed by atoms with van der Waals surface area (Å²) in [6.07, 6.45) is 1.86. The minimum absolute atomic E-state index is 0.283. The molecular weight excluding hydrogens is 408 g/mol. The second-order valence-corrected chi connectivity index (χ2v) is 8.35. The molecule has 7 heteroatoms. The molecule has 172 valence electrons. The number of rotatable bonds is 8. The van der Waals surface area contributed by atoms with E-state index in [1.807, 2.05) is 39.0 Å². The van der Waals surface area contributed by atoms with E-state index in [4.69, 9.17) is 14.2 Å². The van der Waals surface area contributed by atoms with Gasteiger partial charge in [0, 0.05) is 30.4 Å². The Bertz CT molecular complexity index is 979. The van der Waals surface area contributed by atoms with Crippen molar-refractivity contribution >= 4 is 17.7 Å². The lowest BCUT2D eigenvalue weighted by atomic mass is 10.0. The molecule has 0 spiro atoms. The van der Waals surface area contributed by atoms with Gasteiger partial charge in [-0.1, -0.05) is 18.2 Å². The third kappa shape index (κ3) is 6.77. The molecule has 0 saturated heterocycles. The number of allylic oxidation sites excluding steroid dienone is 1. The highest BCUT2D eigenvalue weighted by molar-refractivity contribution is 6.05. The molecule has 0 aromatic heterocycles. The number of hydrogen-bond acceptors (Lipinski definition) is 5. The van der Waals surface area contributed by atoms with Crippen molar-refractivity contribution < 1.29 is 23.8 Å². The number of nitrogens with zero attached hydrogens (tertiary/aromatic N) is 1. The van der Waals surface area contributed by atoms with Crippen molar-refractivity contribution in [2.24, 2.45) is 0 Å². The Labute approximate surface area is 190 Å². The predicted octanol–water partition coefficient (Wildman–Crippen LogP) is 5.05. The first kappa shape index (κ1) is 24.8. The van der Waals surface area contributed by atoms with E-state index >= 15 is 0 Å². The topological polar surface area (TPSA) is 77.1 Å². The smallest absolute Gasteiger partial charge is 0.410 e. The van der Waals surface area contributed by atoms with Gasteiger partial charge in [0.2, 0.25) is 0 Å². The highest BCUT2D eigenvalue weighted by Crippen LogP contribution is 2.33. The van der Waals surface area contributed by atoms with Gasteiger partial charge in [-0.05, 0) is 57.0 Å². The van der Waals surface area contributed by atoms with Crippen LogP contribution in [0.5, 0.6) is 11.5 Å². The van der Waals surface area contributed by atoms with Crippen LogP contribution in [0.25, 0.3) is 0 Å². The van der Waals surface area contributed by atoms with E-state index < -0.39 is 11.7 Å². The van der Waals surface area contributed by atoms with Crippen molar-refractivity contribution in [3.05, 3.63) is 65.7 Å². The summed E-state index contributed by atoms with van der Waals surface area (Å²) in [7, 11) is 4.76. The van der Waals surface area contributed by atoms with Crippen LogP contribution < -0.4 is 14.8 Å². The molecule has 2 aromatic rings. The molecule has 0 aliphatic heterocycles. The van der Waals surface area contributed by atoms with E-state index in [-0.39, 0.29) is 5.91 Å². The summed E-state index contributed by atoms with van der Waals surface area (Å²) in [5.41, 5.74) is 2.15. The number of methoxy groups -OCH3 is 2. The third-order valence-corrected chi connectivity index (χ3v) is 4.49. The highest BCUT2D eigenvalue weighted by Gasteiger charge is 2.20. The molecule has 2 rings (SSSR count). The van der Waals surface area contributed by atoms with Crippen LogP contribution in [0.1, 0.15) is 42.3 Å². The molecule has 1 N–H and O–H groups in total. The molecule has 0 heterocycles. The maximum atomic E-state index is 12.9. The molecule has 0 saturated carbocycles. The summed E-state index contributed by atoms with van der Waals surface area (Å²) >= 11 is 0. The number of carbonyl (C=O) groups excluding carboxylic acids is 2. The van der Waals surface area contributed by atoms with Crippen LogP contribution in [0.2, 0.25) is 0 Å². The first-order valence-electron chi connectivity index (χ1n) is 10.3. The lowest BCUT2D eigenvalue weighted by Gasteiger charge is -2.24. The molecule has 2 aromatic carbocycles. The van der Waals surface area contributed by atoms with Gasteiger partial charge in [-0.2, -0.15) is 0 Å². The van der Waals surface area contributed by atoms with Crippen LogP contribution in [0.4, 0.5) is 10.5 Å². The molecule has 7 nitrogen and oxygen atoms in total. The maximum Gasteiger partial charge on any atom is 0.410 e. The zero-order valence-electron chi connectivity index (χ0n) is 19.7. The summed E-state index contributed by atoms with van der Waals surface area (Å²) in [6, 6.07) is 10.7. The van der Waals surface area contributed by atoms with Gasteiger partial charge >= 0.3 is 6.09 Å². The molecule has 0 aliphatic rings. The molecule has 0 radical (unpaired) electrons. The van der Waals surface area contributed by atoms with E-state index in [9.17, 15) is 9.59 Å². The first-order valence-corrected chi connectivity index (χ1v) is 10.3. The molecule has 0 aliphatic carbocycles. The monoisotopic (exact) mass is 440 g/mol. The van der Waals surface area contributed by atoms with E-state index in [2.05, 4.69) is 11.9 Å². The molecule has 2 amide bonds. The van der Waals surface area contributed by atoms with Gasteiger partial charge in [0.1, 0.15) is 5.60 Å². The van der Waals surface area contributed by atoms with Gasteiger partial charge in [0.25, 0.3) is 5.91 Å². The van der Waals surface area contributed by atoms with Crippen LogP contribution in [0.15, 0.2) is 49.1 Å². The van der Waals surface area contributed by atoms with Gasteiger partial charge in [0.05, 0.1) is 14.2 Å². The fourth-order valence-corrected chi connectivity index (χ4v) is 3.11. The number of hydrogen-bond donors (Lipinski definition) is 1. The lowest BCUT2D eigenvalue weighted by Crippen LogP contribution is -2.33. The largest absolute Gasteiger partial charge is 0.493 e. The van der Waals surface area contributed by atoms with Crippen molar-refractivity contribution in [1.29, 1.82) is 0 Å². The second-order valence-electron chi connectivity index (χ2n) is 8.35. The normalized spacial score (nSPS) is 10.8. The number of benzene rings is 2. The average molecular weight is 441 g/mol. The van der Waals surface area contributed by atoms with Crippen molar-refractivity contribution in [3.8, 4) is 11.5 Å². The third-order valence-electron chi connectivity index (χ3n) is 4.49. The summed E-state index contributed by atoms with van der Waals surface area (Å²) in [5, 5.41) is 2.90. The average Bonchev–Trinajstić information content (AvgIpc) is 2.72. The number of ether oxygens (including phenoxy) is 3. The number of anilines is 1. The Morgan fingerprint density at radius 2 is 1.84 bits per heavy atom. The van der Waals surface area contributed by atoms with E-state index in [0.29, 0.717) is 35.7 Å². The van der Waals surface area contributed by atoms with Crippen LogP contribution >= 0.6 is 0 Å². The Morgan fingerprint density at radius 1 is 1.12 bits per heavy atom. The van der Waals surface area contributed by atoms with Crippen molar-refractivity contribution in [3.63, 3.8) is 0 Å². The van der Waals surface area contributed by atoms with E-state index in [1.165, 1.54) is 12.0 Å². The summed E-state index contributed by atoms with van der Waals surface area (Å²) in [4.78, 5) is 26.6. The molecular formula is C25H32N2O5. The second kappa shape index (κ2) is 10.7. The zero-order valence-corrected chi connectivity index (χ0v) is 19.7. The number of nitrogens with one attached hydrogen (secondary N) is 1. The van der Waals surface area contributed by atoms with Gasteiger partial charge in [-0.15, -0.1) is 6.58 Å². The maximum absolute atomic E-state index is 12.9. The van der Waals surface area contributed by atoms with Gasteiger partial charge < -0.3 is 24.4 Å². The van der Waals surface area contributed by atoms with E-state index in [1.54, 1.807) is 38.4 Å². The van der Waals surface area contributed by atoms with Gasteiger partial charge in [-0.3, -0.25) is 4.79 Å². The number of carbonyl (C=O) groups is 2. The SMILES string of the molecule is C=CCc1cc(C(=O)Nc2cccc(CN(C)C(=O)OC(C)(C)C)c2)cc(OC)c1OC. The van der Waals surface area contributed by atoms with Crippen LogP contribution in [-0.4, -0.2) is 43.8 Å². The van der Waals surface area contributed by atoms with Gasteiger partial charge in [0.15, 0.2) is 11.5 Å². The van der Waals surface area contributed by atoms with Crippen LogP contribution in [0.3, 0.4) is 0 Å². The summed E-state index contributed by atoms with van der Waals surface area (Å²) < 4.78 is 16.2. The summed E-state index contributed by atoms with van der Waals surface area (Å²) in [6.45, 7) is 9.57. The molecule has 32 heavy (non-hydrogen) atoms. The summed E-state index contributed by atoms with van der Waals surface area (Å²) in [5.74, 6) is 0.773. The molecule has 0 unspecified atom stereocenters. The fourth-order valence-electron chi connectivity index (χ4n) is 3.11. The highest BCUT2D eigenvalue weighted by atomic mass is 16.6. The van der Waals surface area contributed by atoms with Gasteiger partial charge in [-0.25, -0.2) is 4.79 Å². The Kier molecular flexibility index (Phi) is 8.29. The molecule has 0 atom stereocenters. The van der Waals surface area contributed by atoms with Crippen molar-refractivity contribution in [1.82, 2.24) is 4.90 Å². The number of amides is 2. The van der Waals surface area contributed by atoms with Crippen LogP contribution in [0, 0.1) is 0 Å². The first-order chi connectivity index (χ1) is 15.1. The standard InChI is InChI=1S/C25H32N2O5/c1-8-10-18-14-19(15-21(30-6)22(18)31-7)23(28)26-20-12-9-11-17(13-20)16-27(5)24(29)32-25(2,3)4/h8-9,11-15H,1,10,16H2,2-7H3,(H,26,28). The van der Waals surface area contributed by atoms with Crippen LogP contribution in [-0.2, 0) is 17.7 Å². The Hall–Kier alpha value is -3.48. The minimum atomic E-state index is -0.564. The predicted molar refractivity (Wildman–Crippen MR) is 126 cm³/mol. The van der Waals surface area contributed by atoms with Crippen molar-refractivity contribution in [2.75, 3.05) is 26.6 Å². The molecule has 0 bridgehead atoms. The fraction of sp³-hybridized carbons (Fsp3) is 0.360. The lowest BCUT2D eigenvalue weighted by molar-refractivity contribution is 0.0285. The van der Waals surface area contributed by atoms with E-state index in [0.717, 1.165) is 11.1 Å². The zero-order chi connectivity index (χ0) is 23.9. The molecule has 0 fully saturated rings. The van der Waals surface area contributed by atoms with Crippen molar-refractivity contribution in [2.45, 2.75) is 39.3 Å². The quantitative estimate of drug-likeness (QED) is 0.581. The Balaban J connectivity index is 2.18. The minimum Gasteiger partial charge on any atom is -0.493 e.